The van der Waals surface area contributed by atoms with Crippen LogP contribution in [0.3, 0.4) is 0 Å². The minimum absolute atomic E-state index is 0.139. The van der Waals surface area contributed by atoms with Gasteiger partial charge in [0.2, 0.25) is 0 Å². The molecular weight excluding hydrogens is 228 g/mol. The Balaban J connectivity index is 1.92. The van der Waals surface area contributed by atoms with Crippen molar-refractivity contribution in [2.75, 3.05) is 27.2 Å². The average Bonchev–Trinajstić information content (AvgIpc) is 2.78. The summed E-state index contributed by atoms with van der Waals surface area (Å²) in [5, 5.41) is 3.83. The van der Waals surface area contributed by atoms with Gasteiger partial charge >= 0.3 is 0 Å². The number of benzene rings is 1. The molecule has 96 valence electrons. The van der Waals surface area contributed by atoms with Gasteiger partial charge in [-0.15, -0.1) is 0 Å². The van der Waals surface area contributed by atoms with Crippen LogP contribution in [0.15, 0.2) is 34.7 Å². The fourth-order valence-corrected chi connectivity index (χ4v) is 1.82. The molecule has 2 N–H and O–H groups in total. The smallest absolute Gasteiger partial charge is 0.287 e. The first-order chi connectivity index (χ1) is 8.66. The van der Waals surface area contributed by atoms with E-state index in [1.807, 2.05) is 24.3 Å². The van der Waals surface area contributed by atoms with Crippen LogP contribution in [0.1, 0.15) is 17.0 Å². The van der Waals surface area contributed by atoms with E-state index in [2.05, 4.69) is 19.4 Å². The Kier molecular flexibility index (Phi) is 3.99. The van der Waals surface area contributed by atoms with Gasteiger partial charge in [0.05, 0.1) is 20.6 Å². The molecule has 0 atom stereocenters. The second-order valence-corrected chi connectivity index (χ2v) is 4.72. The van der Waals surface area contributed by atoms with Crippen molar-refractivity contribution in [3.05, 3.63) is 36.1 Å². The summed E-state index contributed by atoms with van der Waals surface area (Å²) in [7, 11) is 4.20. The number of furan rings is 1. The molecule has 0 unspecified atom stereocenters. The quantitative estimate of drug-likeness (QED) is 0.764. The van der Waals surface area contributed by atoms with Crippen molar-refractivity contribution in [3.8, 4) is 0 Å². The molecule has 1 aromatic heterocycles. The average molecular weight is 247 g/mol. The normalized spacial score (nSPS) is 11.1. The second-order valence-electron chi connectivity index (χ2n) is 4.72. The lowest BCUT2D eigenvalue weighted by molar-refractivity contribution is -0.858. The molecule has 0 saturated carbocycles. The topological polar surface area (TPSA) is 46.7 Å². The van der Waals surface area contributed by atoms with E-state index in [-0.39, 0.29) is 5.91 Å². The third-order valence-electron chi connectivity index (χ3n) is 2.79. The summed E-state index contributed by atoms with van der Waals surface area (Å²) in [5.74, 6) is 0.244. The molecular formula is C14H19N2O2+. The largest absolute Gasteiger partial charge is 0.451 e. The molecule has 1 amide bonds. The number of carbonyl (C=O) groups is 1. The van der Waals surface area contributed by atoms with E-state index >= 15 is 0 Å². The fourth-order valence-electron chi connectivity index (χ4n) is 1.82. The van der Waals surface area contributed by atoms with Crippen LogP contribution in [0.5, 0.6) is 0 Å². The molecule has 1 heterocycles. The highest BCUT2D eigenvalue weighted by Crippen LogP contribution is 2.18. The maximum atomic E-state index is 11.8. The monoisotopic (exact) mass is 247 g/mol. The molecule has 0 spiro atoms. The minimum Gasteiger partial charge on any atom is -0.451 e. The Bertz CT molecular complexity index is 498. The van der Waals surface area contributed by atoms with Crippen LogP contribution in [0.2, 0.25) is 0 Å². The van der Waals surface area contributed by atoms with Gasteiger partial charge in [-0.2, -0.15) is 0 Å². The first-order valence-electron chi connectivity index (χ1n) is 6.22. The van der Waals surface area contributed by atoms with Crippen molar-refractivity contribution in [1.29, 1.82) is 0 Å². The van der Waals surface area contributed by atoms with Gasteiger partial charge in [-0.05, 0) is 12.1 Å². The Morgan fingerprint density at radius 2 is 2.11 bits per heavy atom. The van der Waals surface area contributed by atoms with Gasteiger partial charge < -0.3 is 14.6 Å². The molecule has 0 aliphatic heterocycles. The molecule has 0 aliphatic rings. The van der Waals surface area contributed by atoms with Crippen LogP contribution < -0.4 is 10.2 Å². The number of fused-ring (bicyclic) bond motifs is 1. The van der Waals surface area contributed by atoms with Gasteiger partial charge in [-0.3, -0.25) is 4.79 Å². The number of rotatable bonds is 5. The number of hydrogen-bond donors (Lipinski definition) is 2. The molecule has 18 heavy (non-hydrogen) atoms. The molecule has 4 nitrogen and oxygen atoms in total. The van der Waals surface area contributed by atoms with Gasteiger partial charge in [0.25, 0.3) is 5.91 Å². The zero-order chi connectivity index (χ0) is 13.0. The highest BCUT2D eigenvalue weighted by Gasteiger charge is 2.11. The maximum absolute atomic E-state index is 11.8. The van der Waals surface area contributed by atoms with E-state index in [1.165, 1.54) is 4.90 Å². The summed E-state index contributed by atoms with van der Waals surface area (Å²) in [6, 6.07) is 9.40. The van der Waals surface area contributed by atoms with Crippen LogP contribution in [0.4, 0.5) is 0 Å². The lowest BCUT2D eigenvalue weighted by Gasteiger charge is -2.06. The molecule has 0 fully saturated rings. The highest BCUT2D eigenvalue weighted by atomic mass is 16.3. The SMILES string of the molecule is C[NH+](C)CCCNC(=O)c1cc2ccccc2o1. The minimum atomic E-state index is -0.139. The number of hydrogen-bond acceptors (Lipinski definition) is 2. The van der Waals surface area contributed by atoms with Gasteiger partial charge in [0, 0.05) is 18.4 Å². The zero-order valence-corrected chi connectivity index (χ0v) is 10.8. The van der Waals surface area contributed by atoms with Crippen molar-refractivity contribution >= 4 is 16.9 Å². The van der Waals surface area contributed by atoms with Crippen LogP contribution in [-0.2, 0) is 0 Å². The lowest BCUT2D eigenvalue weighted by atomic mass is 10.2. The summed E-state index contributed by atoms with van der Waals surface area (Å²) in [6.45, 7) is 1.72. The standard InChI is InChI=1S/C14H18N2O2/c1-16(2)9-5-8-15-14(17)13-10-11-6-3-4-7-12(11)18-13/h3-4,6-7,10H,5,8-9H2,1-2H3,(H,15,17)/p+1. The number of quaternary nitrogens is 1. The predicted octanol–water partition coefficient (Wildman–Crippen LogP) is 0.697. The first-order valence-corrected chi connectivity index (χ1v) is 6.22. The van der Waals surface area contributed by atoms with Gasteiger partial charge in [-0.25, -0.2) is 0 Å². The Labute approximate surface area is 107 Å². The summed E-state index contributed by atoms with van der Waals surface area (Å²) in [4.78, 5) is 13.2. The molecule has 2 rings (SSSR count). The van der Waals surface area contributed by atoms with Crippen molar-refractivity contribution in [1.82, 2.24) is 5.32 Å². The Morgan fingerprint density at radius 3 is 2.83 bits per heavy atom. The number of carbonyl (C=O) groups excluding carboxylic acids is 1. The molecule has 0 saturated heterocycles. The summed E-state index contributed by atoms with van der Waals surface area (Å²) < 4.78 is 5.49. The van der Waals surface area contributed by atoms with Crippen LogP contribution in [0, 0.1) is 0 Å². The van der Waals surface area contributed by atoms with E-state index in [0.29, 0.717) is 12.3 Å². The maximum Gasteiger partial charge on any atom is 0.287 e. The van der Waals surface area contributed by atoms with Crippen molar-refractivity contribution in [2.45, 2.75) is 6.42 Å². The van der Waals surface area contributed by atoms with Crippen LogP contribution >= 0.6 is 0 Å². The molecule has 4 heteroatoms. The van der Waals surface area contributed by atoms with E-state index in [9.17, 15) is 4.79 Å². The third kappa shape index (κ3) is 3.11. The van der Waals surface area contributed by atoms with Crippen LogP contribution in [0.25, 0.3) is 11.0 Å². The van der Waals surface area contributed by atoms with E-state index in [4.69, 9.17) is 4.42 Å². The molecule has 0 aliphatic carbocycles. The van der Waals surface area contributed by atoms with Gasteiger partial charge in [0.1, 0.15) is 5.58 Å². The molecule has 0 radical (unpaired) electrons. The van der Waals surface area contributed by atoms with E-state index in [1.54, 1.807) is 6.07 Å². The van der Waals surface area contributed by atoms with E-state index < -0.39 is 0 Å². The van der Waals surface area contributed by atoms with Crippen molar-refractivity contribution in [2.24, 2.45) is 0 Å². The summed E-state index contributed by atoms with van der Waals surface area (Å²) in [6.07, 6.45) is 0.967. The summed E-state index contributed by atoms with van der Waals surface area (Å²) >= 11 is 0. The van der Waals surface area contributed by atoms with Crippen LogP contribution in [-0.4, -0.2) is 33.1 Å². The number of para-hydroxylation sites is 1. The zero-order valence-electron chi connectivity index (χ0n) is 10.8. The van der Waals surface area contributed by atoms with E-state index in [0.717, 1.165) is 23.9 Å². The predicted molar refractivity (Wildman–Crippen MR) is 70.8 cm³/mol. The highest BCUT2D eigenvalue weighted by molar-refractivity contribution is 5.95. The van der Waals surface area contributed by atoms with Gasteiger partial charge in [-0.1, -0.05) is 18.2 Å². The van der Waals surface area contributed by atoms with Crippen molar-refractivity contribution in [3.63, 3.8) is 0 Å². The number of amides is 1. The number of nitrogens with one attached hydrogen (secondary N) is 2. The fraction of sp³-hybridized carbons (Fsp3) is 0.357. The third-order valence-corrected chi connectivity index (χ3v) is 2.79. The first kappa shape index (κ1) is 12.6. The Hall–Kier alpha value is -1.81. The molecule has 2 aromatic rings. The van der Waals surface area contributed by atoms with Gasteiger partial charge in [0.15, 0.2) is 5.76 Å². The van der Waals surface area contributed by atoms with Crippen molar-refractivity contribution < 1.29 is 14.1 Å². The summed E-state index contributed by atoms with van der Waals surface area (Å²) in [5.41, 5.74) is 0.750. The second kappa shape index (κ2) is 5.69. The molecule has 0 bridgehead atoms. The lowest BCUT2D eigenvalue weighted by Crippen LogP contribution is -3.05. The Morgan fingerprint density at radius 1 is 1.33 bits per heavy atom. The molecule has 1 aromatic carbocycles.